The summed E-state index contributed by atoms with van der Waals surface area (Å²) in [5, 5.41) is 8.69. The van der Waals surface area contributed by atoms with Gasteiger partial charge in [-0.15, -0.1) is 0 Å². The first-order chi connectivity index (χ1) is 14.7. The smallest absolute Gasteiger partial charge is 0.331 e. The van der Waals surface area contributed by atoms with Crippen LogP contribution in [-0.4, -0.2) is 31.9 Å². The van der Waals surface area contributed by atoms with Crippen LogP contribution in [0.3, 0.4) is 0 Å². The fourth-order valence-electron chi connectivity index (χ4n) is 2.92. The Morgan fingerprint density at radius 1 is 1.13 bits per heavy atom. The van der Waals surface area contributed by atoms with Gasteiger partial charge in [-0.05, 0) is 36.8 Å². The Bertz CT molecular complexity index is 1230. The fourth-order valence-corrected chi connectivity index (χ4v) is 3.43. The highest BCUT2D eigenvalue weighted by atomic mass is 32.2. The molecule has 0 radical (unpaired) electrons. The lowest BCUT2D eigenvalue weighted by Crippen LogP contribution is -2.30. The number of fused-ring (bicyclic) bond motifs is 1. The number of nitrogens with two attached hydrogens (primary N) is 1. The summed E-state index contributed by atoms with van der Waals surface area (Å²) in [6.45, 7) is 1.27. The van der Waals surface area contributed by atoms with Gasteiger partial charge >= 0.3 is 5.97 Å². The summed E-state index contributed by atoms with van der Waals surface area (Å²) in [5.41, 5.74) is 2.19. The van der Waals surface area contributed by atoms with Crippen LogP contribution in [-0.2, 0) is 24.3 Å². The highest BCUT2D eigenvalue weighted by molar-refractivity contribution is 7.89. The molecule has 160 valence electrons. The van der Waals surface area contributed by atoms with Gasteiger partial charge in [0.25, 0.3) is 5.91 Å². The maximum atomic E-state index is 12.1. The number of benzene rings is 2. The van der Waals surface area contributed by atoms with E-state index in [0.29, 0.717) is 5.56 Å². The van der Waals surface area contributed by atoms with Crippen LogP contribution in [0.25, 0.3) is 17.0 Å². The summed E-state index contributed by atoms with van der Waals surface area (Å²) in [5.74, 6) is -1.15. The Morgan fingerprint density at radius 3 is 2.55 bits per heavy atom. The summed E-state index contributed by atoms with van der Waals surface area (Å²) in [6, 6.07) is 14.8. The zero-order valence-corrected chi connectivity index (χ0v) is 17.5. The van der Waals surface area contributed by atoms with Gasteiger partial charge in [-0.25, -0.2) is 18.4 Å². The van der Waals surface area contributed by atoms with Gasteiger partial charge in [-0.3, -0.25) is 9.78 Å². The molecule has 8 nitrogen and oxygen atoms in total. The van der Waals surface area contributed by atoms with Crippen LogP contribution in [0.1, 0.15) is 24.1 Å². The maximum Gasteiger partial charge on any atom is 0.331 e. The molecule has 1 heterocycles. The standard InChI is InChI=1S/C22H21N3O5S/c1-15(16-7-10-19(11-8-16)31(23,28)29)25-20(26)14-30-21(27)12-9-18-5-2-4-17-6-3-13-24-22(17)18/h2-13,15H,14H2,1H3,(H,25,26)(H2,23,28,29)/b12-9+. The Morgan fingerprint density at radius 2 is 1.84 bits per heavy atom. The number of ether oxygens (including phenoxy) is 1. The van der Waals surface area contributed by atoms with E-state index in [9.17, 15) is 18.0 Å². The lowest BCUT2D eigenvalue weighted by atomic mass is 10.1. The van der Waals surface area contributed by atoms with Crippen molar-refractivity contribution in [1.29, 1.82) is 0 Å². The fraction of sp³-hybridized carbons (Fsp3) is 0.136. The van der Waals surface area contributed by atoms with Crippen molar-refractivity contribution in [3.8, 4) is 0 Å². The number of amides is 1. The molecule has 0 aliphatic heterocycles. The number of primary sulfonamides is 1. The van der Waals surface area contributed by atoms with Gasteiger partial charge in [-0.1, -0.05) is 36.4 Å². The second-order valence-corrected chi connectivity index (χ2v) is 8.33. The Hall–Kier alpha value is -3.56. The Labute approximate surface area is 179 Å². The molecule has 0 saturated carbocycles. The van der Waals surface area contributed by atoms with Crippen LogP contribution in [0.4, 0.5) is 0 Å². The second kappa shape index (κ2) is 9.50. The number of esters is 1. The summed E-state index contributed by atoms with van der Waals surface area (Å²) >= 11 is 0. The third-order valence-electron chi connectivity index (χ3n) is 4.49. The molecule has 1 amide bonds. The number of carbonyl (C=O) groups is 2. The predicted octanol–water partition coefficient (Wildman–Crippen LogP) is 2.32. The van der Waals surface area contributed by atoms with Crippen molar-refractivity contribution in [2.75, 3.05) is 6.61 Å². The van der Waals surface area contributed by atoms with Gasteiger partial charge < -0.3 is 10.1 Å². The van der Waals surface area contributed by atoms with Gasteiger partial charge in [-0.2, -0.15) is 0 Å². The van der Waals surface area contributed by atoms with Crippen LogP contribution in [0.2, 0.25) is 0 Å². The molecule has 2 aromatic carbocycles. The molecular formula is C22H21N3O5S. The molecule has 9 heteroatoms. The number of aromatic nitrogens is 1. The molecule has 0 aliphatic rings. The highest BCUT2D eigenvalue weighted by Gasteiger charge is 2.13. The number of hydrogen-bond acceptors (Lipinski definition) is 6. The largest absolute Gasteiger partial charge is 0.452 e. The zero-order valence-electron chi connectivity index (χ0n) is 16.7. The van der Waals surface area contributed by atoms with Gasteiger partial charge in [0, 0.05) is 23.2 Å². The van der Waals surface area contributed by atoms with Crippen LogP contribution in [0.15, 0.2) is 71.8 Å². The summed E-state index contributed by atoms with van der Waals surface area (Å²) < 4.78 is 27.6. The predicted molar refractivity (Wildman–Crippen MR) is 116 cm³/mol. The molecule has 3 aromatic rings. The summed E-state index contributed by atoms with van der Waals surface area (Å²) in [6.07, 6.45) is 4.50. The topological polar surface area (TPSA) is 128 Å². The van der Waals surface area contributed by atoms with Gasteiger partial charge in [0.1, 0.15) is 0 Å². The lowest BCUT2D eigenvalue weighted by molar-refractivity contribution is -0.144. The first-order valence-corrected chi connectivity index (χ1v) is 10.9. The first-order valence-electron chi connectivity index (χ1n) is 9.35. The van der Waals surface area contributed by atoms with Crippen molar-refractivity contribution in [3.63, 3.8) is 0 Å². The zero-order chi connectivity index (χ0) is 22.4. The average Bonchev–Trinajstić information content (AvgIpc) is 2.75. The number of nitrogens with one attached hydrogen (secondary N) is 1. The minimum atomic E-state index is -3.78. The number of para-hydroxylation sites is 1. The van der Waals surface area contributed by atoms with E-state index in [1.54, 1.807) is 31.3 Å². The van der Waals surface area contributed by atoms with Gasteiger partial charge in [0.2, 0.25) is 10.0 Å². The molecule has 0 aliphatic carbocycles. The van der Waals surface area contributed by atoms with E-state index in [1.807, 2.05) is 30.3 Å². The molecule has 1 unspecified atom stereocenters. The van der Waals surface area contributed by atoms with Crippen molar-refractivity contribution in [1.82, 2.24) is 10.3 Å². The molecule has 1 aromatic heterocycles. The van der Waals surface area contributed by atoms with Crippen molar-refractivity contribution in [3.05, 3.63) is 78.0 Å². The van der Waals surface area contributed by atoms with Crippen molar-refractivity contribution >= 4 is 38.9 Å². The molecule has 1 atom stereocenters. The van der Waals surface area contributed by atoms with Crippen molar-refractivity contribution in [2.24, 2.45) is 5.14 Å². The molecule has 3 rings (SSSR count). The molecule has 0 fully saturated rings. The monoisotopic (exact) mass is 439 g/mol. The second-order valence-electron chi connectivity index (χ2n) is 6.77. The number of sulfonamides is 1. The van der Waals surface area contributed by atoms with E-state index in [4.69, 9.17) is 9.88 Å². The Balaban J connectivity index is 1.53. The molecule has 3 N–H and O–H groups in total. The molecule has 31 heavy (non-hydrogen) atoms. The molecular weight excluding hydrogens is 418 g/mol. The van der Waals surface area contributed by atoms with E-state index in [2.05, 4.69) is 10.3 Å². The third kappa shape index (κ3) is 5.97. The number of pyridine rings is 1. The van der Waals surface area contributed by atoms with Crippen molar-refractivity contribution < 1.29 is 22.7 Å². The molecule has 0 saturated heterocycles. The van der Waals surface area contributed by atoms with Gasteiger partial charge in [0.15, 0.2) is 6.61 Å². The van der Waals surface area contributed by atoms with E-state index < -0.39 is 34.5 Å². The normalized spacial score (nSPS) is 12.6. The SMILES string of the molecule is CC(NC(=O)COC(=O)/C=C/c1cccc2cccnc12)c1ccc(S(N)(=O)=O)cc1. The maximum absolute atomic E-state index is 12.1. The summed E-state index contributed by atoms with van der Waals surface area (Å²) in [7, 11) is -3.78. The summed E-state index contributed by atoms with van der Waals surface area (Å²) in [4.78, 5) is 28.3. The molecule has 0 spiro atoms. The minimum absolute atomic E-state index is 0.0168. The number of hydrogen-bond donors (Lipinski definition) is 2. The first kappa shape index (κ1) is 22.1. The highest BCUT2D eigenvalue weighted by Crippen LogP contribution is 2.17. The van der Waals surface area contributed by atoms with E-state index in [-0.39, 0.29) is 4.90 Å². The minimum Gasteiger partial charge on any atom is -0.452 e. The van der Waals surface area contributed by atoms with E-state index in [0.717, 1.165) is 16.5 Å². The molecule has 0 bridgehead atoms. The van der Waals surface area contributed by atoms with E-state index >= 15 is 0 Å². The van der Waals surface area contributed by atoms with E-state index in [1.165, 1.54) is 18.2 Å². The van der Waals surface area contributed by atoms with Crippen LogP contribution < -0.4 is 10.5 Å². The number of nitrogens with zero attached hydrogens (tertiary/aromatic N) is 1. The number of rotatable bonds is 7. The van der Waals surface area contributed by atoms with Crippen LogP contribution in [0, 0.1) is 0 Å². The van der Waals surface area contributed by atoms with Crippen LogP contribution >= 0.6 is 0 Å². The van der Waals surface area contributed by atoms with Gasteiger partial charge in [0.05, 0.1) is 16.5 Å². The Kier molecular flexibility index (Phi) is 6.78. The van der Waals surface area contributed by atoms with Crippen molar-refractivity contribution in [2.45, 2.75) is 17.9 Å². The number of carbonyl (C=O) groups excluding carboxylic acids is 2. The quantitative estimate of drug-likeness (QED) is 0.429. The average molecular weight is 439 g/mol. The third-order valence-corrected chi connectivity index (χ3v) is 5.42. The lowest BCUT2D eigenvalue weighted by Gasteiger charge is -2.14. The van der Waals surface area contributed by atoms with Crippen LogP contribution in [0.5, 0.6) is 0 Å².